The molecule has 2 aliphatic heterocycles. The summed E-state index contributed by atoms with van der Waals surface area (Å²) in [6.07, 6.45) is 5.13. The lowest BCUT2D eigenvalue weighted by Crippen LogP contribution is -2.46. The number of aliphatic hydroxyl groups is 1. The Hall–Kier alpha value is 0.320. The number of ether oxygens (including phenoxy) is 2. The molecule has 2 fully saturated rings. The zero-order valence-electron chi connectivity index (χ0n) is 13.8. The van der Waals surface area contributed by atoms with Crippen LogP contribution in [0.15, 0.2) is 11.6 Å². The van der Waals surface area contributed by atoms with E-state index in [9.17, 15) is 5.11 Å². The van der Waals surface area contributed by atoms with Crippen molar-refractivity contribution < 1.29 is 14.6 Å². The molecule has 0 aromatic heterocycles. The van der Waals surface area contributed by atoms with Crippen LogP contribution < -0.4 is 0 Å². The standard InChI is InChI=1S/C17H28O3S2/c1-12-5-6-13(11-16(2)19-7-8-20-16)17(12,3)14(18)15-21-9-4-10-22-15/h5,13-15,18H,4,6-11H2,1-3H3/t13-,14-,17+/m0/s1. The number of aliphatic hydroxyl groups excluding tert-OH is 1. The minimum atomic E-state index is -0.475. The quantitative estimate of drug-likeness (QED) is 0.788. The van der Waals surface area contributed by atoms with Gasteiger partial charge < -0.3 is 14.6 Å². The van der Waals surface area contributed by atoms with Gasteiger partial charge in [-0.3, -0.25) is 0 Å². The minimum absolute atomic E-state index is 0.166. The van der Waals surface area contributed by atoms with Crippen molar-refractivity contribution in [2.45, 2.75) is 56.5 Å². The molecule has 0 unspecified atom stereocenters. The smallest absolute Gasteiger partial charge is 0.166 e. The van der Waals surface area contributed by atoms with Gasteiger partial charge in [-0.1, -0.05) is 18.6 Å². The SMILES string of the molecule is CC1=CC[C@@H](CC2(C)OCCO2)[C@]1(C)[C@@H](O)C1SCCCS1. The van der Waals surface area contributed by atoms with Gasteiger partial charge in [0.25, 0.3) is 0 Å². The summed E-state index contributed by atoms with van der Waals surface area (Å²) in [5.74, 6) is 2.25. The van der Waals surface area contributed by atoms with Crippen LogP contribution in [0.25, 0.3) is 0 Å². The van der Waals surface area contributed by atoms with Crippen LogP contribution in [-0.2, 0) is 9.47 Å². The van der Waals surface area contributed by atoms with Crippen LogP contribution in [0.5, 0.6) is 0 Å². The monoisotopic (exact) mass is 344 g/mol. The zero-order valence-corrected chi connectivity index (χ0v) is 15.5. The molecule has 0 radical (unpaired) electrons. The molecule has 0 saturated carbocycles. The Kier molecular flexibility index (Phi) is 5.20. The van der Waals surface area contributed by atoms with E-state index < -0.39 is 5.79 Å². The maximum Gasteiger partial charge on any atom is 0.166 e. The van der Waals surface area contributed by atoms with Crippen LogP contribution in [0.4, 0.5) is 0 Å². The van der Waals surface area contributed by atoms with Crippen LogP contribution in [0.2, 0.25) is 0 Å². The first-order valence-electron chi connectivity index (χ1n) is 8.32. The van der Waals surface area contributed by atoms with Crippen LogP contribution in [0.1, 0.15) is 40.0 Å². The summed E-state index contributed by atoms with van der Waals surface area (Å²) in [6, 6.07) is 0. The van der Waals surface area contributed by atoms with E-state index in [0.717, 1.165) is 12.8 Å². The second-order valence-electron chi connectivity index (χ2n) is 7.05. The molecular weight excluding hydrogens is 316 g/mol. The third-order valence-corrected chi connectivity index (χ3v) is 8.68. The highest BCUT2D eigenvalue weighted by Gasteiger charge is 2.51. The van der Waals surface area contributed by atoms with Crippen LogP contribution in [0, 0.1) is 11.3 Å². The number of allylic oxidation sites excluding steroid dienone is 1. The van der Waals surface area contributed by atoms with E-state index >= 15 is 0 Å². The van der Waals surface area contributed by atoms with Crippen molar-refractivity contribution in [3.8, 4) is 0 Å². The van der Waals surface area contributed by atoms with Crippen LogP contribution in [0.3, 0.4) is 0 Å². The largest absolute Gasteiger partial charge is 0.390 e. The molecule has 3 nitrogen and oxygen atoms in total. The average Bonchev–Trinajstić information content (AvgIpc) is 3.07. The Morgan fingerprint density at radius 1 is 1.27 bits per heavy atom. The lowest BCUT2D eigenvalue weighted by atomic mass is 9.69. The van der Waals surface area contributed by atoms with E-state index in [1.165, 1.54) is 23.5 Å². The van der Waals surface area contributed by atoms with Crippen molar-refractivity contribution >= 4 is 23.5 Å². The summed E-state index contributed by atoms with van der Waals surface area (Å²) >= 11 is 3.85. The third kappa shape index (κ3) is 3.12. The summed E-state index contributed by atoms with van der Waals surface area (Å²) in [5, 5.41) is 11.2. The number of thioether (sulfide) groups is 2. The maximum atomic E-state index is 11.2. The summed E-state index contributed by atoms with van der Waals surface area (Å²) < 4.78 is 11.9. The first kappa shape index (κ1) is 17.2. The van der Waals surface area contributed by atoms with E-state index in [2.05, 4.69) is 19.9 Å². The highest BCUT2D eigenvalue weighted by Crippen LogP contribution is 2.53. The Balaban J connectivity index is 1.75. The molecule has 2 heterocycles. The van der Waals surface area contributed by atoms with Crippen molar-refractivity contribution in [3.63, 3.8) is 0 Å². The molecule has 5 heteroatoms. The molecule has 126 valence electrons. The zero-order chi connectivity index (χ0) is 15.8. The van der Waals surface area contributed by atoms with Crippen molar-refractivity contribution in [3.05, 3.63) is 11.6 Å². The molecule has 2 saturated heterocycles. The fraction of sp³-hybridized carbons (Fsp3) is 0.882. The van der Waals surface area contributed by atoms with Gasteiger partial charge in [-0.25, -0.2) is 0 Å². The van der Waals surface area contributed by atoms with Crippen molar-refractivity contribution in [1.29, 1.82) is 0 Å². The number of hydrogen-bond acceptors (Lipinski definition) is 5. The minimum Gasteiger partial charge on any atom is -0.390 e. The fourth-order valence-corrected chi connectivity index (χ4v) is 7.13. The topological polar surface area (TPSA) is 38.7 Å². The molecule has 3 aliphatic rings. The van der Waals surface area contributed by atoms with Gasteiger partial charge in [-0.15, -0.1) is 23.5 Å². The van der Waals surface area contributed by atoms with Gasteiger partial charge in [0, 0.05) is 11.8 Å². The summed E-state index contributed by atoms with van der Waals surface area (Å²) in [5.41, 5.74) is 1.17. The van der Waals surface area contributed by atoms with Gasteiger partial charge >= 0.3 is 0 Å². The predicted octanol–water partition coefficient (Wildman–Crippen LogP) is 3.67. The lowest BCUT2D eigenvalue weighted by molar-refractivity contribution is -0.163. The molecule has 1 aliphatic carbocycles. The van der Waals surface area contributed by atoms with Crippen molar-refractivity contribution in [1.82, 2.24) is 0 Å². The predicted molar refractivity (Wildman–Crippen MR) is 94.2 cm³/mol. The van der Waals surface area contributed by atoms with E-state index in [4.69, 9.17) is 9.47 Å². The van der Waals surface area contributed by atoms with Crippen LogP contribution in [-0.4, -0.2) is 46.3 Å². The number of rotatable bonds is 4. The molecule has 0 spiro atoms. The Bertz CT molecular complexity index is 428. The number of hydrogen-bond donors (Lipinski definition) is 1. The van der Waals surface area contributed by atoms with Gasteiger partial charge in [0.05, 0.1) is 23.9 Å². The fourth-order valence-electron chi connectivity index (χ4n) is 3.97. The van der Waals surface area contributed by atoms with Gasteiger partial charge in [-0.2, -0.15) is 0 Å². The van der Waals surface area contributed by atoms with Gasteiger partial charge in [0.1, 0.15) is 0 Å². The van der Waals surface area contributed by atoms with E-state index in [1.54, 1.807) is 0 Å². The molecule has 22 heavy (non-hydrogen) atoms. The molecule has 3 atom stereocenters. The van der Waals surface area contributed by atoms with Crippen molar-refractivity contribution in [2.24, 2.45) is 11.3 Å². The molecule has 0 amide bonds. The summed E-state index contributed by atoms with van der Waals surface area (Å²) in [6.45, 7) is 7.84. The Morgan fingerprint density at radius 3 is 2.55 bits per heavy atom. The average molecular weight is 345 g/mol. The van der Waals surface area contributed by atoms with Crippen LogP contribution >= 0.6 is 23.5 Å². The first-order chi connectivity index (χ1) is 10.5. The molecule has 0 bridgehead atoms. The van der Waals surface area contributed by atoms with Gasteiger partial charge in [0.2, 0.25) is 0 Å². The molecular formula is C17H28O3S2. The van der Waals surface area contributed by atoms with E-state index in [0.29, 0.717) is 23.7 Å². The Morgan fingerprint density at radius 2 is 1.91 bits per heavy atom. The third-order valence-electron chi connectivity index (χ3n) is 5.65. The molecule has 3 rings (SSSR count). The normalized spacial score (nSPS) is 37.3. The molecule has 0 aromatic carbocycles. The second kappa shape index (κ2) is 6.67. The van der Waals surface area contributed by atoms with Gasteiger partial charge in [-0.05, 0) is 44.1 Å². The first-order valence-corrected chi connectivity index (χ1v) is 10.4. The van der Waals surface area contributed by atoms with Crippen molar-refractivity contribution in [2.75, 3.05) is 24.7 Å². The molecule has 0 aromatic rings. The van der Waals surface area contributed by atoms with E-state index in [-0.39, 0.29) is 11.5 Å². The summed E-state index contributed by atoms with van der Waals surface area (Å²) in [7, 11) is 0. The Labute approximate surface area is 142 Å². The second-order valence-corrected chi connectivity index (χ2v) is 9.84. The highest BCUT2D eigenvalue weighted by atomic mass is 32.2. The van der Waals surface area contributed by atoms with Gasteiger partial charge in [0.15, 0.2) is 5.79 Å². The maximum absolute atomic E-state index is 11.2. The van der Waals surface area contributed by atoms with E-state index in [1.807, 2.05) is 30.4 Å². The molecule has 1 N–H and O–H groups in total. The lowest BCUT2D eigenvalue weighted by Gasteiger charge is -2.44. The summed E-state index contributed by atoms with van der Waals surface area (Å²) in [4.78, 5) is 0. The highest BCUT2D eigenvalue weighted by molar-refractivity contribution is 8.17.